The fourth-order valence-corrected chi connectivity index (χ4v) is 5.80. The largest absolute Gasteiger partial charge is 0.443 e. The standard InChI is InChI=1S/C21H14Cl2N2O7S2/c22-14-5-8-17(24-33(27,28)20-11-15(31-12-26)6-7-16(20)23)18(10-14)25-34(29,30)21-9-13-3-1-2-4-19(13)32-21/h1-12,24-25H. The van der Waals surface area contributed by atoms with Crippen molar-refractivity contribution in [3.8, 4) is 5.75 Å². The molecule has 0 radical (unpaired) electrons. The van der Waals surface area contributed by atoms with Crippen LogP contribution in [0.5, 0.6) is 5.75 Å². The van der Waals surface area contributed by atoms with Crippen molar-refractivity contribution in [2.45, 2.75) is 9.99 Å². The molecule has 34 heavy (non-hydrogen) atoms. The predicted octanol–water partition coefficient (Wildman–Crippen LogP) is 4.88. The van der Waals surface area contributed by atoms with Crippen LogP contribution >= 0.6 is 23.2 Å². The fourth-order valence-electron chi connectivity index (χ4n) is 2.99. The maximum atomic E-state index is 13.0. The number of carbonyl (C=O) groups excluding carboxylic acids is 1. The number of nitrogens with one attached hydrogen (secondary N) is 2. The zero-order chi connectivity index (χ0) is 24.5. The Balaban J connectivity index is 1.70. The van der Waals surface area contributed by atoms with Gasteiger partial charge in [-0.3, -0.25) is 14.2 Å². The molecule has 9 nitrogen and oxygen atoms in total. The monoisotopic (exact) mass is 540 g/mol. The molecule has 176 valence electrons. The van der Waals surface area contributed by atoms with E-state index < -0.39 is 24.9 Å². The molecule has 0 unspecified atom stereocenters. The SMILES string of the molecule is O=COc1ccc(Cl)c(S(=O)(=O)Nc2ccc(Cl)cc2NS(=O)(=O)c2cc3ccccc3o2)c1. The minimum atomic E-state index is -4.34. The lowest BCUT2D eigenvalue weighted by atomic mass is 10.3. The van der Waals surface area contributed by atoms with E-state index in [4.69, 9.17) is 27.6 Å². The Morgan fingerprint density at radius 2 is 1.56 bits per heavy atom. The highest BCUT2D eigenvalue weighted by Crippen LogP contribution is 2.33. The maximum absolute atomic E-state index is 13.0. The second kappa shape index (κ2) is 9.18. The number of fused-ring (bicyclic) bond motifs is 1. The van der Waals surface area contributed by atoms with Crippen LogP contribution in [0.15, 0.2) is 81.1 Å². The molecule has 1 heterocycles. The van der Waals surface area contributed by atoms with Crippen LogP contribution in [0, 0.1) is 0 Å². The predicted molar refractivity (Wildman–Crippen MR) is 127 cm³/mol. The van der Waals surface area contributed by atoms with Crippen LogP contribution in [0.1, 0.15) is 0 Å². The molecular formula is C21H14Cl2N2O7S2. The van der Waals surface area contributed by atoms with E-state index in [1.165, 1.54) is 36.4 Å². The molecule has 0 spiro atoms. The van der Waals surface area contributed by atoms with Gasteiger partial charge in [-0.1, -0.05) is 41.4 Å². The third-order valence-electron chi connectivity index (χ3n) is 4.51. The first kappa shape index (κ1) is 23.9. The van der Waals surface area contributed by atoms with Gasteiger partial charge in [0.25, 0.3) is 26.5 Å². The van der Waals surface area contributed by atoms with Gasteiger partial charge in [-0.2, -0.15) is 8.42 Å². The fraction of sp³-hybridized carbons (Fsp3) is 0. The lowest BCUT2D eigenvalue weighted by Gasteiger charge is -2.15. The first-order valence-electron chi connectivity index (χ1n) is 9.33. The minimum Gasteiger partial charge on any atom is -0.443 e. The second-order valence-electron chi connectivity index (χ2n) is 6.81. The van der Waals surface area contributed by atoms with E-state index in [1.54, 1.807) is 24.3 Å². The van der Waals surface area contributed by atoms with Crippen LogP contribution in [0.25, 0.3) is 11.0 Å². The molecule has 0 saturated carbocycles. The average Bonchev–Trinajstić information content (AvgIpc) is 3.22. The first-order chi connectivity index (χ1) is 16.1. The van der Waals surface area contributed by atoms with Crippen LogP contribution < -0.4 is 14.2 Å². The lowest BCUT2D eigenvalue weighted by molar-refractivity contribution is -0.120. The zero-order valence-electron chi connectivity index (χ0n) is 16.9. The number of para-hydroxylation sites is 1. The number of benzene rings is 3. The number of furan rings is 1. The number of ether oxygens (including phenoxy) is 1. The van der Waals surface area contributed by atoms with Crippen molar-refractivity contribution in [3.63, 3.8) is 0 Å². The summed E-state index contributed by atoms with van der Waals surface area (Å²) in [5.41, 5.74) is 0.0665. The van der Waals surface area contributed by atoms with E-state index in [1.807, 2.05) is 0 Å². The van der Waals surface area contributed by atoms with Crippen molar-refractivity contribution in [2.75, 3.05) is 9.44 Å². The van der Waals surface area contributed by atoms with Crippen LogP contribution in [0.2, 0.25) is 10.0 Å². The molecule has 0 atom stereocenters. The molecule has 2 N–H and O–H groups in total. The van der Waals surface area contributed by atoms with Gasteiger partial charge in [-0.05, 0) is 36.4 Å². The zero-order valence-corrected chi connectivity index (χ0v) is 20.0. The van der Waals surface area contributed by atoms with Gasteiger partial charge in [0.2, 0.25) is 5.09 Å². The van der Waals surface area contributed by atoms with Gasteiger partial charge in [0.15, 0.2) is 0 Å². The first-order valence-corrected chi connectivity index (χ1v) is 13.0. The smallest absolute Gasteiger partial charge is 0.298 e. The molecule has 13 heteroatoms. The molecule has 0 aliphatic carbocycles. The summed E-state index contributed by atoms with van der Waals surface area (Å²) in [7, 11) is -8.59. The molecule has 0 fully saturated rings. The van der Waals surface area contributed by atoms with E-state index in [2.05, 4.69) is 14.2 Å². The number of sulfonamides is 2. The van der Waals surface area contributed by atoms with Gasteiger partial charge in [0, 0.05) is 22.5 Å². The Kier molecular flexibility index (Phi) is 6.45. The Hall–Kier alpha value is -3.25. The third-order valence-corrected chi connectivity index (χ3v) is 7.82. The Morgan fingerprint density at radius 3 is 2.29 bits per heavy atom. The molecule has 0 aliphatic heterocycles. The average molecular weight is 541 g/mol. The van der Waals surface area contributed by atoms with Crippen molar-refractivity contribution in [3.05, 3.63) is 76.8 Å². The van der Waals surface area contributed by atoms with Crippen molar-refractivity contribution in [1.82, 2.24) is 0 Å². The van der Waals surface area contributed by atoms with Gasteiger partial charge in [-0.25, -0.2) is 8.42 Å². The molecular weight excluding hydrogens is 527 g/mol. The van der Waals surface area contributed by atoms with Crippen molar-refractivity contribution >= 4 is 72.1 Å². The van der Waals surface area contributed by atoms with E-state index in [0.29, 0.717) is 11.0 Å². The molecule has 4 aromatic rings. The third kappa shape index (κ3) is 4.97. The number of carbonyl (C=O) groups is 1. The molecule has 0 amide bonds. The summed E-state index contributed by atoms with van der Waals surface area (Å²) < 4.78 is 66.5. The summed E-state index contributed by atoms with van der Waals surface area (Å²) in [4.78, 5) is 10.2. The van der Waals surface area contributed by atoms with Gasteiger partial charge in [0.1, 0.15) is 16.2 Å². The quantitative estimate of drug-likeness (QED) is 0.304. The van der Waals surface area contributed by atoms with Crippen LogP contribution in [0.4, 0.5) is 11.4 Å². The maximum Gasteiger partial charge on any atom is 0.298 e. The number of halogens is 2. The van der Waals surface area contributed by atoms with Crippen molar-refractivity contribution in [1.29, 1.82) is 0 Å². The van der Waals surface area contributed by atoms with Gasteiger partial charge in [0.05, 0.1) is 16.4 Å². The highest BCUT2D eigenvalue weighted by atomic mass is 35.5. The normalized spacial score (nSPS) is 11.8. The molecule has 0 saturated heterocycles. The topological polar surface area (TPSA) is 132 Å². The summed E-state index contributed by atoms with van der Waals surface area (Å²) >= 11 is 12.0. The summed E-state index contributed by atoms with van der Waals surface area (Å²) in [6.45, 7) is 0.136. The molecule has 0 bridgehead atoms. The Labute approximate surface area is 204 Å². The summed E-state index contributed by atoms with van der Waals surface area (Å²) in [6.07, 6.45) is 0. The van der Waals surface area contributed by atoms with E-state index in [-0.39, 0.29) is 38.7 Å². The number of anilines is 2. The minimum absolute atomic E-state index is 0.0540. The molecule has 4 rings (SSSR count). The summed E-state index contributed by atoms with van der Waals surface area (Å²) in [5.74, 6) is -0.0540. The Bertz CT molecular complexity index is 1580. The van der Waals surface area contributed by atoms with Crippen LogP contribution in [0.3, 0.4) is 0 Å². The highest BCUT2D eigenvalue weighted by Gasteiger charge is 2.24. The number of hydrogen-bond acceptors (Lipinski definition) is 7. The lowest BCUT2D eigenvalue weighted by Crippen LogP contribution is -2.17. The van der Waals surface area contributed by atoms with Crippen molar-refractivity contribution < 1.29 is 30.8 Å². The van der Waals surface area contributed by atoms with E-state index >= 15 is 0 Å². The van der Waals surface area contributed by atoms with Gasteiger partial charge in [-0.15, -0.1) is 0 Å². The molecule has 0 aliphatic rings. The summed E-state index contributed by atoms with van der Waals surface area (Å²) in [5, 5.41) is 0.194. The van der Waals surface area contributed by atoms with E-state index in [9.17, 15) is 21.6 Å². The second-order valence-corrected chi connectivity index (χ2v) is 10.9. The van der Waals surface area contributed by atoms with Gasteiger partial charge >= 0.3 is 0 Å². The Morgan fingerprint density at radius 1 is 0.824 bits per heavy atom. The number of rotatable bonds is 8. The molecule has 1 aromatic heterocycles. The molecule has 3 aromatic carbocycles. The van der Waals surface area contributed by atoms with Crippen LogP contribution in [-0.2, 0) is 24.8 Å². The number of hydrogen-bond donors (Lipinski definition) is 2. The van der Waals surface area contributed by atoms with E-state index in [0.717, 1.165) is 6.07 Å². The van der Waals surface area contributed by atoms with Crippen LogP contribution in [-0.4, -0.2) is 23.3 Å². The highest BCUT2D eigenvalue weighted by molar-refractivity contribution is 7.93. The summed E-state index contributed by atoms with van der Waals surface area (Å²) in [6, 6.07) is 15.5. The van der Waals surface area contributed by atoms with Gasteiger partial charge < -0.3 is 9.15 Å². The van der Waals surface area contributed by atoms with Crippen molar-refractivity contribution in [2.24, 2.45) is 0 Å².